The van der Waals surface area contributed by atoms with Crippen molar-refractivity contribution in [2.75, 3.05) is 5.32 Å². The zero-order valence-electron chi connectivity index (χ0n) is 13.9. The first kappa shape index (κ1) is 19.3. The average molecular weight is 420 g/mol. The second kappa shape index (κ2) is 8.94. The van der Waals surface area contributed by atoms with Gasteiger partial charge in [-0.1, -0.05) is 23.2 Å². The number of halogens is 2. The molecule has 0 fully saturated rings. The Labute approximate surface area is 169 Å². The topological polar surface area (TPSA) is 96.2 Å². The molecule has 6 nitrogen and oxygen atoms in total. The van der Waals surface area contributed by atoms with Gasteiger partial charge in [0, 0.05) is 32.4 Å². The minimum atomic E-state index is -0.297. The van der Waals surface area contributed by atoms with Gasteiger partial charge >= 0.3 is 0 Å². The van der Waals surface area contributed by atoms with Gasteiger partial charge in [-0.05, 0) is 48.5 Å². The third-order valence-corrected chi connectivity index (χ3v) is 4.88. The lowest BCUT2D eigenvalue weighted by Crippen LogP contribution is -2.22. The summed E-state index contributed by atoms with van der Waals surface area (Å²) in [6.45, 7) is 0. The SMILES string of the molecule is N/C(=N\c1nc(CSc2ccc(Cl)cc2)cc(=O)[nH]1)Nc1ccc(Cl)cc1. The molecule has 4 N–H and O–H groups in total. The molecule has 0 bridgehead atoms. The molecule has 3 aromatic rings. The van der Waals surface area contributed by atoms with E-state index in [2.05, 4.69) is 20.3 Å². The van der Waals surface area contributed by atoms with Crippen molar-refractivity contribution in [3.05, 3.63) is 80.7 Å². The van der Waals surface area contributed by atoms with Crippen LogP contribution < -0.4 is 16.6 Å². The van der Waals surface area contributed by atoms with E-state index in [4.69, 9.17) is 28.9 Å². The normalized spacial score (nSPS) is 11.4. The minimum absolute atomic E-state index is 0.1000. The van der Waals surface area contributed by atoms with E-state index in [-0.39, 0.29) is 17.5 Å². The number of nitrogens with zero attached hydrogens (tertiary/aromatic N) is 2. The smallest absolute Gasteiger partial charge is 0.252 e. The van der Waals surface area contributed by atoms with Crippen LogP contribution in [0.4, 0.5) is 11.6 Å². The van der Waals surface area contributed by atoms with Gasteiger partial charge in [-0.25, -0.2) is 4.98 Å². The number of rotatable bonds is 5. The second-order valence-corrected chi connectivity index (χ2v) is 7.35. The molecule has 0 amide bonds. The highest BCUT2D eigenvalue weighted by molar-refractivity contribution is 7.98. The Hall–Kier alpha value is -2.48. The van der Waals surface area contributed by atoms with Crippen molar-refractivity contribution in [1.29, 1.82) is 0 Å². The largest absolute Gasteiger partial charge is 0.369 e. The van der Waals surface area contributed by atoms with Gasteiger partial charge in [0.05, 0.1) is 5.69 Å². The van der Waals surface area contributed by atoms with Crippen LogP contribution in [0, 0.1) is 0 Å². The Bertz CT molecular complexity index is 1000. The van der Waals surface area contributed by atoms with Crippen molar-refractivity contribution in [2.24, 2.45) is 10.7 Å². The summed E-state index contributed by atoms with van der Waals surface area (Å²) in [6.07, 6.45) is 0. The number of benzene rings is 2. The lowest BCUT2D eigenvalue weighted by molar-refractivity contribution is 1.04. The molecule has 1 heterocycles. The molecular weight excluding hydrogens is 405 g/mol. The fraction of sp³-hybridized carbons (Fsp3) is 0.0556. The average Bonchev–Trinajstić information content (AvgIpc) is 2.63. The Balaban J connectivity index is 1.71. The van der Waals surface area contributed by atoms with Gasteiger partial charge in [0.15, 0.2) is 0 Å². The van der Waals surface area contributed by atoms with Crippen molar-refractivity contribution in [3.63, 3.8) is 0 Å². The quantitative estimate of drug-likeness (QED) is 0.323. The maximum absolute atomic E-state index is 11.9. The number of nitrogens with two attached hydrogens (primary N) is 1. The van der Waals surface area contributed by atoms with Gasteiger partial charge < -0.3 is 11.1 Å². The van der Waals surface area contributed by atoms with E-state index in [9.17, 15) is 4.79 Å². The van der Waals surface area contributed by atoms with Crippen molar-refractivity contribution >= 4 is 52.6 Å². The third kappa shape index (κ3) is 6.02. The van der Waals surface area contributed by atoms with Gasteiger partial charge in [-0.15, -0.1) is 11.8 Å². The number of hydrogen-bond donors (Lipinski definition) is 3. The molecule has 9 heteroatoms. The van der Waals surface area contributed by atoms with Crippen LogP contribution in [0.1, 0.15) is 5.69 Å². The summed E-state index contributed by atoms with van der Waals surface area (Å²) >= 11 is 13.3. The number of hydrogen-bond acceptors (Lipinski definition) is 4. The molecule has 3 rings (SSSR count). The maximum atomic E-state index is 11.9. The first-order valence-electron chi connectivity index (χ1n) is 7.83. The molecule has 2 aromatic carbocycles. The molecule has 0 atom stereocenters. The van der Waals surface area contributed by atoms with Crippen molar-refractivity contribution in [1.82, 2.24) is 9.97 Å². The summed E-state index contributed by atoms with van der Waals surface area (Å²) in [6, 6.07) is 15.9. The Kier molecular flexibility index (Phi) is 6.39. The summed E-state index contributed by atoms with van der Waals surface area (Å²) in [5.41, 5.74) is 6.90. The predicted octanol–water partition coefficient (Wildman–Crippen LogP) is 4.43. The van der Waals surface area contributed by atoms with E-state index in [0.29, 0.717) is 21.5 Å². The number of aromatic nitrogens is 2. The molecule has 0 spiro atoms. The number of aliphatic imine (C=N–C) groups is 1. The maximum Gasteiger partial charge on any atom is 0.252 e. The molecule has 1 aromatic heterocycles. The molecule has 0 radical (unpaired) electrons. The third-order valence-electron chi connectivity index (χ3n) is 3.33. The van der Waals surface area contributed by atoms with Crippen LogP contribution in [-0.4, -0.2) is 15.9 Å². The van der Waals surface area contributed by atoms with Gasteiger partial charge in [0.1, 0.15) is 0 Å². The molecule has 0 aliphatic rings. The number of nitrogens with one attached hydrogen (secondary N) is 2. The van der Waals surface area contributed by atoms with Crippen LogP contribution in [-0.2, 0) is 5.75 Å². The van der Waals surface area contributed by atoms with Gasteiger partial charge in [0.2, 0.25) is 11.9 Å². The molecular formula is C18H15Cl2N5OS. The Morgan fingerprint density at radius 2 is 1.74 bits per heavy atom. The Morgan fingerprint density at radius 1 is 1.11 bits per heavy atom. The highest BCUT2D eigenvalue weighted by Crippen LogP contribution is 2.23. The molecule has 27 heavy (non-hydrogen) atoms. The second-order valence-electron chi connectivity index (χ2n) is 5.43. The molecule has 0 saturated heterocycles. The molecule has 0 aliphatic carbocycles. The van der Waals surface area contributed by atoms with Crippen LogP contribution in [0.3, 0.4) is 0 Å². The standard InChI is InChI=1S/C18H15Cl2N5OS/c19-11-1-5-13(6-2-11)22-17(21)25-18-23-14(9-16(26)24-18)10-27-15-7-3-12(20)4-8-15/h1-9H,10H2,(H4,21,22,23,24,25,26). The first-order chi connectivity index (χ1) is 13.0. The molecule has 0 aliphatic heterocycles. The van der Waals surface area contributed by atoms with E-state index in [1.54, 1.807) is 36.0 Å². The monoisotopic (exact) mass is 419 g/mol. The predicted molar refractivity (Wildman–Crippen MR) is 112 cm³/mol. The fourth-order valence-corrected chi connectivity index (χ4v) is 3.17. The minimum Gasteiger partial charge on any atom is -0.369 e. The number of thioether (sulfide) groups is 1. The highest BCUT2D eigenvalue weighted by Gasteiger charge is 2.04. The van der Waals surface area contributed by atoms with Crippen LogP contribution in [0.5, 0.6) is 0 Å². The van der Waals surface area contributed by atoms with E-state index in [1.807, 2.05) is 24.3 Å². The lowest BCUT2D eigenvalue weighted by atomic mass is 10.3. The fourth-order valence-electron chi connectivity index (χ4n) is 2.13. The summed E-state index contributed by atoms with van der Waals surface area (Å²) in [4.78, 5) is 23.9. The zero-order chi connectivity index (χ0) is 19.2. The number of aromatic amines is 1. The summed E-state index contributed by atoms with van der Waals surface area (Å²) < 4.78 is 0. The number of H-pyrrole nitrogens is 1. The van der Waals surface area contributed by atoms with Crippen LogP contribution >= 0.6 is 35.0 Å². The summed E-state index contributed by atoms with van der Waals surface area (Å²) in [7, 11) is 0. The number of guanidine groups is 1. The Morgan fingerprint density at radius 3 is 2.41 bits per heavy atom. The van der Waals surface area contributed by atoms with Gasteiger partial charge in [-0.2, -0.15) is 4.99 Å². The van der Waals surface area contributed by atoms with Crippen molar-refractivity contribution < 1.29 is 0 Å². The molecule has 0 saturated carbocycles. The summed E-state index contributed by atoms with van der Waals surface area (Å²) in [5.74, 6) is 0.745. The first-order valence-corrected chi connectivity index (χ1v) is 9.57. The van der Waals surface area contributed by atoms with E-state index < -0.39 is 0 Å². The zero-order valence-corrected chi connectivity index (χ0v) is 16.3. The van der Waals surface area contributed by atoms with E-state index in [1.165, 1.54) is 6.07 Å². The molecule has 0 unspecified atom stereocenters. The number of anilines is 1. The highest BCUT2D eigenvalue weighted by atomic mass is 35.5. The van der Waals surface area contributed by atoms with Crippen LogP contribution in [0.25, 0.3) is 0 Å². The molecule has 138 valence electrons. The van der Waals surface area contributed by atoms with Crippen molar-refractivity contribution in [3.8, 4) is 0 Å². The van der Waals surface area contributed by atoms with Crippen LogP contribution in [0.2, 0.25) is 10.0 Å². The van der Waals surface area contributed by atoms with E-state index in [0.717, 1.165) is 10.6 Å². The van der Waals surface area contributed by atoms with Gasteiger partial charge in [0.25, 0.3) is 5.56 Å². The van der Waals surface area contributed by atoms with Crippen molar-refractivity contribution in [2.45, 2.75) is 10.6 Å². The van der Waals surface area contributed by atoms with Crippen LogP contribution in [0.15, 0.2) is 69.3 Å². The lowest BCUT2D eigenvalue weighted by Gasteiger charge is -2.06. The summed E-state index contributed by atoms with van der Waals surface area (Å²) in [5, 5.41) is 4.20. The van der Waals surface area contributed by atoms with Gasteiger partial charge in [-0.3, -0.25) is 9.78 Å². The van der Waals surface area contributed by atoms with E-state index >= 15 is 0 Å².